The van der Waals surface area contributed by atoms with Gasteiger partial charge in [-0.3, -0.25) is 0 Å². The van der Waals surface area contributed by atoms with Gasteiger partial charge < -0.3 is 14.7 Å². The molecule has 0 aliphatic rings. The Morgan fingerprint density at radius 2 is 2.38 bits per heavy atom. The molecule has 2 aromatic rings. The van der Waals surface area contributed by atoms with E-state index in [0.717, 1.165) is 11.4 Å². The molecule has 0 saturated carbocycles. The first-order valence-electron chi connectivity index (χ1n) is 3.92. The molecule has 0 amide bonds. The summed E-state index contributed by atoms with van der Waals surface area (Å²) in [5, 5.41) is 0. The van der Waals surface area contributed by atoms with Crippen LogP contribution < -0.4 is 5.73 Å². The number of oxazole rings is 1. The van der Waals surface area contributed by atoms with Crippen LogP contribution in [0.3, 0.4) is 0 Å². The fraction of sp³-hybridized carbons (Fsp3) is 0.250. The van der Waals surface area contributed by atoms with Crippen LogP contribution in [0, 0.1) is 0 Å². The lowest BCUT2D eigenvalue weighted by atomic mass is 10.3. The van der Waals surface area contributed by atoms with E-state index in [9.17, 15) is 0 Å². The molecule has 68 valence electrons. The molecule has 5 heteroatoms. The van der Waals surface area contributed by atoms with Gasteiger partial charge in [0, 0.05) is 19.8 Å². The van der Waals surface area contributed by atoms with Gasteiger partial charge in [-0.15, -0.1) is 0 Å². The molecule has 0 spiro atoms. The predicted molar refractivity (Wildman–Crippen MR) is 46.6 cm³/mol. The zero-order chi connectivity index (χ0) is 9.26. The van der Waals surface area contributed by atoms with Crippen molar-refractivity contribution in [3.8, 4) is 11.5 Å². The van der Waals surface area contributed by atoms with E-state index in [1.54, 1.807) is 6.33 Å². The van der Waals surface area contributed by atoms with Crippen molar-refractivity contribution in [1.29, 1.82) is 0 Å². The van der Waals surface area contributed by atoms with Crippen LogP contribution in [0.15, 0.2) is 23.3 Å². The lowest BCUT2D eigenvalue weighted by Crippen LogP contribution is -1.98. The molecule has 0 saturated heterocycles. The van der Waals surface area contributed by atoms with Crippen LogP contribution in [0.5, 0.6) is 0 Å². The summed E-state index contributed by atoms with van der Waals surface area (Å²) in [7, 11) is 1.90. The third kappa shape index (κ3) is 1.33. The second kappa shape index (κ2) is 3.02. The molecule has 0 radical (unpaired) electrons. The van der Waals surface area contributed by atoms with Crippen molar-refractivity contribution in [3.63, 3.8) is 0 Å². The van der Waals surface area contributed by atoms with Gasteiger partial charge in [0.15, 0.2) is 12.2 Å². The van der Waals surface area contributed by atoms with Crippen molar-refractivity contribution in [3.05, 3.63) is 24.6 Å². The first-order valence-corrected chi connectivity index (χ1v) is 3.92. The van der Waals surface area contributed by atoms with E-state index in [2.05, 4.69) is 9.97 Å². The number of rotatable bonds is 2. The van der Waals surface area contributed by atoms with E-state index < -0.39 is 0 Å². The number of nitrogens with zero attached hydrogens (tertiary/aromatic N) is 3. The molecule has 2 heterocycles. The second-order valence-electron chi connectivity index (χ2n) is 2.76. The summed E-state index contributed by atoms with van der Waals surface area (Å²) in [6.45, 7) is 0.363. The van der Waals surface area contributed by atoms with Crippen molar-refractivity contribution in [2.45, 2.75) is 6.54 Å². The maximum Gasteiger partial charge on any atom is 0.181 e. The third-order valence-corrected chi connectivity index (χ3v) is 1.77. The first-order chi connectivity index (χ1) is 6.31. The van der Waals surface area contributed by atoms with Crippen LogP contribution in [0.4, 0.5) is 0 Å². The van der Waals surface area contributed by atoms with Gasteiger partial charge in [0.1, 0.15) is 11.4 Å². The molecule has 2 aromatic heterocycles. The third-order valence-electron chi connectivity index (χ3n) is 1.77. The molecule has 0 unspecified atom stereocenters. The quantitative estimate of drug-likeness (QED) is 0.728. The van der Waals surface area contributed by atoms with Gasteiger partial charge in [-0.2, -0.15) is 0 Å². The van der Waals surface area contributed by atoms with E-state index in [0.29, 0.717) is 12.3 Å². The van der Waals surface area contributed by atoms with E-state index in [-0.39, 0.29) is 0 Å². The minimum absolute atomic E-state index is 0.363. The molecular formula is C8H10N4O. The zero-order valence-corrected chi connectivity index (χ0v) is 7.27. The molecule has 0 fully saturated rings. The highest BCUT2D eigenvalue weighted by molar-refractivity contribution is 5.53. The summed E-state index contributed by atoms with van der Waals surface area (Å²) in [6.07, 6.45) is 4.95. The zero-order valence-electron chi connectivity index (χ0n) is 7.27. The topological polar surface area (TPSA) is 69.9 Å². The minimum atomic E-state index is 0.363. The van der Waals surface area contributed by atoms with Crippen LogP contribution in [0.1, 0.15) is 5.69 Å². The Morgan fingerprint density at radius 1 is 1.54 bits per heavy atom. The highest BCUT2D eigenvalue weighted by Gasteiger charge is 2.10. The SMILES string of the molecule is Cn1cnc(-c2ocnc2CN)c1. The van der Waals surface area contributed by atoms with E-state index in [1.165, 1.54) is 6.39 Å². The van der Waals surface area contributed by atoms with Gasteiger partial charge in [-0.05, 0) is 0 Å². The van der Waals surface area contributed by atoms with Crippen molar-refractivity contribution in [2.24, 2.45) is 12.8 Å². The fourth-order valence-corrected chi connectivity index (χ4v) is 1.15. The lowest BCUT2D eigenvalue weighted by Gasteiger charge is -1.92. The summed E-state index contributed by atoms with van der Waals surface area (Å²) < 4.78 is 7.03. The summed E-state index contributed by atoms with van der Waals surface area (Å²) in [5.74, 6) is 0.656. The van der Waals surface area contributed by atoms with Crippen molar-refractivity contribution in [1.82, 2.24) is 14.5 Å². The number of nitrogens with two attached hydrogens (primary N) is 1. The van der Waals surface area contributed by atoms with E-state index in [4.69, 9.17) is 10.2 Å². The summed E-state index contributed by atoms with van der Waals surface area (Å²) in [6, 6.07) is 0. The smallest absolute Gasteiger partial charge is 0.181 e. The molecule has 0 bridgehead atoms. The van der Waals surface area contributed by atoms with Crippen LogP contribution in [0.2, 0.25) is 0 Å². The van der Waals surface area contributed by atoms with Gasteiger partial charge in [-0.1, -0.05) is 0 Å². The molecule has 5 nitrogen and oxygen atoms in total. The van der Waals surface area contributed by atoms with Gasteiger partial charge in [0.2, 0.25) is 0 Å². The number of hydrogen-bond donors (Lipinski definition) is 1. The van der Waals surface area contributed by atoms with Crippen LogP contribution >= 0.6 is 0 Å². The van der Waals surface area contributed by atoms with Crippen molar-refractivity contribution in [2.75, 3.05) is 0 Å². The molecular weight excluding hydrogens is 168 g/mol. The van der Waals surface area contributed by atoms with Gasteiger partial charge in [0.25, 0.3) is 0 Å². The monoisotopic (exact) mass is 178 g/mol. The van der Waals surface area contributed by atoms with Gasteiger partial charge in [-0.25, -0.2) is 9.97 Å². The lowest BCUT2D eigenvalue weighted by molar-refractivity contribution is 0.569. The molecule has 0 aromatic carbocycles. The molecule has 13 heavy (non-hydrogen) atoms. The first kappa shape index (κ1) is 8.00. The molecule has 0 atom stereocenters. The number of imidazole rings is 1. The van der Waals surface area contributed by atoms with Gasteiger partial charge >= 0.3 is 0 Å². The fourth-order valence-electron chi connectivity index (χ4n) is 1.15. The Morgan fingerprint density at radius 3 is 3.00 bits per heavy atom. The summed E-state index contributed by atoms with van der Waals surface area (Å²) in [4.78, 5) is 8.12. The molecule has 0 aliphatic heterocycles. The Hall–Kier alpha value is -1.62. The normalized spacial score (nSPS) is 10.6. The Balaban J connectivity index is 2.45. The van der Waals surface area contributed by atoms with Gasteiger partial charge in [0.05, 0.1) is 6.33 Å². The maximum atomic E-state index is 5.48. The standard InChI is InChI=1S/C8H10N4O/c1-12-3-7(10-4-12)8-6(2-9)11-5-13-8/h3-5H,2,9H2,1H3. The van der Waals surface area contributed by atoms with Crippen LogP contribution in [-0.4, -0.2) is 14.5 Å². The maximum absolute atomic E-state index is 5.48. The number of hydrogen-bond acceptors (Lipinski definition) is 4. The Labute approximate surface area is 75.2 Å². The van der Waals surface area contributed by atoms with Crippen LogP contribution in [-0.2, 0) is 13.6 Å². The van der Waals surface area contributed by atoms with E-state index in [1.807, 2.05) is 17.8 Å². The van der Waals surface area contributed by atoms with E-state index >= 15 is 0 Å². The number of aryl methyl sites for hydroxylation is 1. The highest BCUT2D eigenvalue weighted by atomic mass is 16.3. The molecule has 0 aliphatic carbocycles. The van der Waals surface area contributed by atoms with Crippen molar-refractivity contribution >= 4 is 0 Å². The molecule has 2 rings (SSSR count). The predicted octanol–water partition coefficient (Wildman–Crippen LogP) is 0.534. The largest absolute Gasteiger partial charge is 0.441 e. The average Bonchev–Trinajstić information content (AvgIpc) is 2.71. The minimum Gasteiger partial charge on any atom is -0.441 e. The van der Waals surface area contributed by atoms with Crippen LogP contribution in [0.25, 0.3) is 11.5 Å². The summed E-state index contributed by atoms with van der Waals surface area (Å²) >= 11 is 0. The Kier molecular flexibility index (Phi) is 1.86. The highest BCUT2D eigenvalue weighted by Crippen LogP contribution is 2.19. The molecule has 2 N–H and O–H groups in total. The average molecular weight is 178 g/mol. The van der Waals surface area contributed by atoms with Crippen molar-refractivity contribution < 1.29 is 4.42 Å². The second-order valence-corrected chi connectivity index (χ2v) is 2.76. The summed E-state index contributed by atoms with van der Waals surface area (Å²) in [5.41, 5.74) is 6.98. The number of aromatic nitrogens is 3. The Bertz CT molecular complexity index is 404.